The molecule has 0 aliphatic heterocycles. The number of carbonyl (C=O) groups is 1. The molecule has 0 unspecified atom stereocenters. The molecule has 0 aliphatic rings. The maximum Gasteiger partial charge on any atom is 0.220 e. The Morgan fingerprint density at radius 2 is 1.86 bits per heavy atom. The maximum atomic E-state index is 14.0. The van der Waals surface area contributed by atoms with Gasteiger partial charge in [0.15, 0.2) is 5.82 Å². The van der Waals surface area contributed by atoms with Crippen LogP contribution in [0.25, 0.3) is 16.3 Å². The first-order chi connectivity index (χ1) is 13.7. The molecule has 0 fully saturated rings. The van der Waals surface area contributed by atoms with Gasteiger partial charge in [-0.2, -0.15) is 4.98 Å². The Kier molecular flexibility index (Phi) is 5.43. The molecule has 5 nitrogen and oxygen atoms in total. The molecule has 1 N–H and O–H groups in total. The molecule has 0 bridgehead atoms. The predicted molar refractivity (Wildman–Crippen MR) is 108 cm³/mol. The SMILES string of the molecule is O=C(CCc1ccccc1)NCCc1csc2nc(-c3ccccc3F)nn12. The molecule has 0 atom stereocenters. The summed E-state index contributed by atoms with van der Waals surface area (Å²) in [6.07, 6.45) is 1.82. The van der Waals surface area contributed by atoms with Gasteiger partial charge in [-0.05, 0) is 24.1 Å². The molecule has 0 spiro atoms. The van der Waals surface area contributed by atoms with E-state index in [0.29, 0.717) is 35.7 Å². The molecule has 2 aromatic heterocycles. The predicted octanol–water partition coefficient (Wildman–Crippen LogP) is 3.89. The Morgan fingerprint density at radius 3 is 2.68 bits per heavy atom. The summed E-state index contributed by atoms with van der Waals surface area (Å²) < 4.78 is 15.7. The molecule has 4 aromatic rings. The first-order valence-electron chi connectivity index (χ1n) is 9.09. The third kappa shape index (κ3) is 4.09. The number of halogens is 1. The van der Waals surface area contributed by atoms with Crippen molar-refractivity contribution in [1.82, 2.24) is 19.9 Å². The van der Waals surface area contributed by atoms with Crippen LogP contribution in [-0.2, 0) is 17.6 Å². The van der Waals surface area contributed by atoms with Crippen molar-refractivity contribution >= 4 is 22.2 Å². The molecule has 0 aliphatic carbocycles. The fraction of sp³-hybridized carbons (Fsp3) is 0.190. The number of hydrogen-bond donors (Lipinski definition) is 1. The summed E-state index contributed by atoms with van der Waals surface area (Å²) >= 11 is 1.46. The average Bonchev–Trinajstić information content (AvgIpc) is 3.29. The van der Waals surface area contributed by atoms with Crippen molar-refractivity contribution in [3.05, 3.63) is 77.1 Å². The molecule has 2 heterocycles. The fourth-order valence-electron chi connectivity index (χ4n) is 2.97. The monoisotopic (exact) mass is 394 g/mol. The van der Waals surface area contributed by atoms with E-state index in [1.54, 1.807) is 22.7 Å². The van der Waals surface area contributed by atoms with Crippen LogP contribution in [0.15, 0.2) is 60.0 Å². The lowest BCUT2D eigenvalue weighted by Gasteiger charge is -2.05. The van der Waals surface area contributed by atoms with Gasteiger partial charge in [0.1, 0.15) is 5.82 Å². The first-order valence-corrected chi connectivity index (χ1v) is 9.97. The molecule has 2 aromatic carbocycles. The van der Waals surface area contributed by atoms with Crippen LogP contribution >= 0.6 is 11.3 Å². The minimum atomic E-state index is -0.340. The van der Waals surface area contributed by atoms with Crippen LogP contribution in [-0.4, -0.2) is 27.0 Å². The highest BCUT2D eigenvalue weighted by Gasteiger charge is 2.14. The summed E-state index contributed by atoms with van der Waals surface area (Å²) in [5.74, 6) is 0.0621. The molecule has 4 rings (SSSR count). The summed E-state index contributed by atoms with van der Waals surface area (Å²) in [5.41, 5.74) is 2.48. The number of carbonyl (C=O) groups excluding carboxylic acids is 1. The molecule has 0 saturated carbocycles. The molecule has 1 amide bonds. The van der Waals surface area contributed by atoms with Crippen LogP contribution in [0.2, 0.25) is 0 Å². The summed E-state index contributed by atoms with van der Waals surface area (Å²) in [5, 5.41) is 9.36. The molecule has 7 heteroatoms. The van der Waals surface area contributed by atoms with Gasteiger partial charge in [0.2, 0.25) is 10.9 Å². The van der Waals surface area contributed by atoms with E-state index in [-0.39, 0.29) is 11.7 Å². The van der Waals surface area contributed by atoms with E-state index in [4.69, 9.17) is 0 Å². The van der Waals surface area contributed by atoms with E-state index in [1.165, 1.54) is 17.4 Å². The standard InChI is InChI=1S/C21H19FN4OS/c22-18-9-5-4-8-17(18)20-24-21-26(25-20)16(14-28-21)12-13-23-19(27)11-10-15-6-2-1-3-7-15/h1-9,14H,10-13H2,(H,23,27). The third-order valence-corrected chi connectivity index (χ3v) is 5.32. The van der Waals surface area contributed by atoms with Crippen LogP contribution in [0.3, 0.4) is 0 Å². The van der Waals surface area contributed by atoms with Gasteiger partial charge in [-0.15, -0.1) is 16.4 Å². The molecule has 142 valence electrons. The minimum absolute atomic E-state index is 0.0287. The Bertz CT molecular complexity index is 1090. The molecule has 0 radical (unpaired) electrons. The van der Waals surface area contributed by atoms with Crippen molar-refractivity contribution in [2.45, 2.75) is 19.3 Å². The topological polar surface area (TPSA) is 59.3 Å². The number of fused-ring (bicyclic) bond motifs is 1. The average molecular weight is 394 g/mol. The summed E-state index contributed by atoms with van der Waals surface area (Å²) in [7, 11) is 0. The zero-order valence-electron chi connectivity index (χ0n) is 15.1. The second kappa shape index (κ2) is 8.31. The van der Waals surface area contributed by atoms with Crippen molar-refractivity contribution in [2.75, 3.05) is 6.54 Å². The lowest BCUT2D eigenvalue weighted by Crippen LogP contribution is -2.26. The van der Waals surface area contributed by atoms with Gasteiger partial charge in [-0.25, -0.2) is 8.91 Å². The molecule has 0 saturated heterocycles. The first kappa shape index (κ1) is 18.3. The summed E-state index contributed by atoms with van der Waals surface area (Å²) in [4.78, 5) is 17.2. The third-order valence-electron chi connectivity index (χ3n) is 4.45. The molecular weight excluding hydrogens is 375 g/mol. The van der Waals surface area contributed by atoms with Crippen molar-refractivity contribution < 1.29 is 9.18 Å². The minimum Gasteiger partial charge on any atom is -0.356 e. The van der Waals surface area contributed by atoms with Gasteiger partial charge in [0.05, 0.1) is 11.3 Å². The largest absolute Gasteiger partial charge is 0.356 e. The normalized spacial score (nSPS) is 11.0. The van der Waals surface area contributed by atoms with E-state index in [2.05, 4.69) is 15.4 Å². The zero-order chi connectivity index (χ0) is 19.3. The number of hydrogen-bond acceptors (Lipinski definition) is 4. The smallest absolute Gasteiger partial charge is 0.220 e. The van der Waals surface area contributed by atoms with E-state index >= 15 is 0 Å². The van der Waals surface area contributed by atoms with Gasteiger partial charge in [-0.3, -0.25) is 4.79 Å². The Labute approximate surface area is 165 Å². The van der Waals surface area contributed by atoms with Crippen molar-refractivity contribution in [2.24, 2.45) is 0 Å². The number of aryl methyl sites for hydroxylation is 1. The fourth-order valence-corrected chi connectivity index (χ4v) is 3.83. The van der Waals surface area contributed by atoms with E-state index in [9.17, 15) is 9.18 Å². The highest BCUT2D eigenvalue weighted by molar-refractivity contribution is 7.15. The molecule has 28 heavy (non-hydrogen) atoms. The quantitative estimate of drug-likeness (QED) is 0.517. The summed E-state index contributed by atoms with van der Waals surface area (Å²) in [6, 6.07) is 16.4. The second-order valence-electron chi connectivity index (χ2n) is 6.42. The van der Waals surface area contributed by atoms with Gasteiger partial charge >= 0.3 is 0 Å². The summed E-state index contributed by atoms with van der Waals surface area (Å²) in [6.45, 7) is 0.522. The van der Waals surface area contributed by atoms with E-state index in [0.717, 1.165) is 17.7 Å². The lowest BCUT2D eigenvalue weighted by atomic mass is 10.1. The van der Waals surface area contributed by atoms with Crippen LogP contribution in [0.4, 0.5) is 4.39 Å². The van der Waals surface area contributed by atoms with E-state index in [1.807, 2.05) is 35.7 Å². The van der Waals surface area contributed by atoms with Gasteiger partial charge in [-0.1, -0.05) is 42.5 Å². The maximum absolute atomic E-state index is 14.0. The number of amides is 1. The Morgan fingerprint density at radius 1 is 1.07 bits per heavy atom. The van der Waals surface area contributed by atoms with Gasteiger partial charge < -0.3 is 5.32 Å². The Hall–Kier alpha value is -3.06. The Balaban J connectivity index is 1.35. The highest BCUT2D eigenvalue weighted by atomic mass is 32.1. The highest BCUT2D eigenvalue weighted by Crippen LogP contribution is 2.23. The zero-order valence-corrected chi connectivity index (χ0v) is 16.0. The van der Waals surface area contributed by atoms with Crippen LogP contribution < -0.4 is 5.32 Å². The van der Waals surface area contributed by atoms with Crippen LogP contribution in [0.5, 0.6) is 0 Å². The van der Waals surface area contributed by atoms with E-state index < -0.39 is 0 Å². The van der Waals surface area contributed by atoms with Crippen molar-refractivity contribution in [3.8, 4) is 11.4 Å². The second-order valence-corrected chi connectivity index (χ2v) is 7.26. The van der Waals surface area contributed by atoms with Crippen LogP contribution in [0.1, 0.15) is 17.7 Å². The number of thiazole rings is 1. The van der Waals surface area contributed by atoms with Gasteiger partial charge in [0, 0.05) is 24.8 Å². The number of nitrogens with zero attached hydrogens (tertiary/aromatic N) is 3. The molecular formula is C21H19FN4OS. The number of nitrogens with one attached hydrogen (secondary N) is 1. The van der Waals surface area contributed by atoms with Crippen molar-refractivity contribution in [1.29, 1.82) is 0 Å². The number of aromatic nitrogens is 3. The van der Waals surface area contributed by atoms with Gasteiger partial charge in [0.25, 0.3) is 0 Å². The van der Waals surface area contributed by atoms with Crippen molar-refractivity contribution in [3.63, 3.8) is 0 Å². The number of benzene rings is 2. The number of rotatable bonds is 7. The lowest BCUT2D eigenvalue weighted by molar-refractivity contribution is -0.121. The van der Waals surface area contributed by atoms with Crippen LogP contribution in [0, 0.1) is 5.82 Å².